The smallest absolute Gasteiger partial charge is 0.356 e. The second-order valence-corrected chi connectivity index (χ2v) is 7.11. The van der Waals surface area contributed by atoms with E-state index in [2.05, 4.69) is 4.98 Å². The monoisotopic (exact) mass is 399 g/mol. The largest absolute Gasteiger partial charge is 0.433 e. The Kier molecular flexibility index (Phi) is 5.67. The first kappa shape index (κ1) is 20.6. The predicted molar refractivity (Wildman–Crippen MR) is 89.2 cm³/mol. The van der Waals surface area contributed by atoms with Gasteiger partial charge in [0.15, 0.2) is 23.6 Å². The van der Waals surface area contributed by atoms with Gasteiger partial charge in [-0.2, -0.15) is 13.2 Å². The summed E-state index contributed by atoms with van der Waals surface area (Å²) in [5, 5.41) is 0. The zero-order valence-electron chi connectivity index (χ0n) is 15.4. The molecule has 2 saturated carbocycles. The van der Waals surface area contributed by atoms with E-state index in [1.54, 1.807) is 0 Å². The number of carbonyl (C=O) groups excluding carboxylic acids is 3. The van der Waals surface area contributed by atoms with Gasteiger partial charge in [-0.1, -0.05) is 0 Å². The van der Waals surface area contributed by atoms with E-state index in [0.29, 0.717) is 25.3 Å². The number of nitrogens with zero attached hydrogens (tertiary/aromatic N) is 1. The number of carbonyl (C=O) groups is 3. The lowest BCUT2D eigenvalue weighted by atomic mass is 9.75. The van der Waals surface area contributed by atoms with Crippen LogP contribution in [0.2, 0.25) is 0 Å². The van der Waals surface area contributed by atoms with Crippen LogP contribution in [0, 0.1) is 17.8 Å². The molecule has 0 amide bonds. The minimum Gasteiger partial charge on any atom is -0.356 e. The lowest BCUT2D eigenvalue weighted by molar-refractivity contribution is -0.142. The van der Waals surface area contributed by atoms with Crippen molar-refractivity contribution < 1.29 is 37.0 Å². The van der Waals surface area contributed by atoms with Gasteiger partial charge in [0.2, 0.25) is 0 Å². The van der Waals surface area contributed by atoms with Crippen molar-refractivity contribution in [3.05, 3.63) is 29.1 Å². The summed E-state index contributed by atoms with van der Waals surface area (Å²) >= 11 is 0. The van der Waals surface area contributed by atoms with Crippen LogP contribution >= 0.6 is 0 Å². The molecule has 2 fully saturated rings. The molecule has 0 aromatic carbocycles. The molecular weight excluding hydrogens is 379 g/mol. The van der Waals surface area contributed by atoms with Crippen molar-refractivity contribution in [1.82, 2.24) is 4.98 Å². The van der Waals surface area contributed by atoms with Gasteiger partial charge in [-0.25, -0.2) is 4.98 Å². The van der Waals surface area contributed by atoms with Crippen LogP contribution in [-0.4, -0.2) is 35.7 Å². The maximum absolute atomic E-state index is 13.0. The molecule has 0 aliphatic heterocycles. The van der Waals surface area contributed by atoms with Gasteiger partial charge in [0.05, 0.1) is 12.3 Å². The van der Waals surface area contributed by atoms with Gasteiger partial charge in [-0.05, 0) is 38.3 Å². The fourth-order valence-electron chi connectivity index (χ4n) is 3.78. The molecule has 28 heavy (non-hydrogen) atoms. The van der Waals surface area contributed by atoms with Crippen molar-refractivity contribution >= 4 is 17.3 Å². The molecule has 1 heterocycles. The molecule has 0 radical (unpaired) electrons. The van der Waals surface area contributed by atoms with E-state index < -0.39 is 48.0 Å². The van der Waals surface area contributed by atoms with Gasteiger partial charge in [0.25, 0.3) is 0 Å². The van der Waals surface area contributed by atoms with Gasteiger partial charge < -0.3 is 9.47 Å². The first-order chi connectivity index (χ1) is 13.1. The molecule has 1 aromatic heterocycles. The number of ketones is 3. The molecular formula is C19H20F3NO5. The molecule has 2 aliphatic carbocycles. The van der Waals surface area contributed by atoms with Crippen molar-refractivity contribution in [2.24, 2.45) is 17.8 Å². The average Bonchev–Trinajstić information content (AvgIpc) is 3.10. The summed E-state index contributed by atoms with van der Waals surface area (Å²) in [4.78, 5) is 41.6. The zero-order chi connectivity index (χ0) is 20.6. The number of halogens is 3. The van der Waals surface area contributed by atoms with Gasteiger partial charge in [0, 0.05) is 24.5 Å². The van der Waals surface area contributed by atoms with E-state index in [1.807, 2.05) is 0 Å². The molecule has 0 saturated heterocycles. The highest BCUT2D eigenvalue weighted by Gasteiger charge is 2.50. The maximum atomic E-state index is 13.0. The third kappa shape index (κ3) is 3.86. The predicted octanol–water partition coefficient (Wildman–Crippen LogP) is 2.98. The second-order valence-electron chi connectivity index (χ2n) is 7.11. The number of pyridine rings is 1. The van der Waals surface area contributed by atoms with Crippen LogP contribution in [0.3, 0.4) is 0 Å². The molecule has 6 nitrogen and oxygen atoms in total. The lowest BCUT2D eigenvalue weighted by Crippen LogP contribution is -2.42. The molecule has 152 valence electrons. The zero-order valence-corrected chi connectivity index (χ0v) is 15.4. The van der Waals surface area contributed by atoms with Gasteiger partial charge >= 0.3 is 6.18 Å². The first-order valence-corrected chi connectivity index (χ1v) is 8.96. The molecule has 2 aliphatic rings. The average molecular weight is 399 g/mol. The highest BCUT2D eigenvalue weighted by atomic mass is 19.4. The third-order valence-electron chi connectivity index (χ3n) is 5.39. The molecule has 0 N–H and O–H groups in total. The van der Waals surface area contributed by atoms with Crippen LogP contribution in [0.1, 0.15) is 47.9 Å². The van der Waals surface area contributed by atoms with E-state index in [1.165, 1.54) is 14.0 Å². The number of aromatic nitrogens is 1. The highest BCUT2D eigenvalue weighted by molar-refractivity contribution is 6.26. The number of ether oxygens (including phenoxy) is 2. The Hall–Kier alpha value is -2.13. The summed E-state index contributed by atoms with van der Waals surface area (Å²) in [7, 11) is 1.35. The normalized spacial score (nSPS) is 25.8. The summed E-state index contributed by atoms with van der Waals surface area (Å²) in [5.74, 6) is -3.85. The van der Waals surface area contributed by atoms with E-state index in [0.717, 1.165) is 6.07 Å². The Labute approximate surface area is 159 Å². The van der Waals surface area contributed by atoms with Crippen LogP contribution in [0.15, 0.2) is 12.1 Å². The van der Waals surface area contributed by atoms with Crippen molar-refractivity contribution in [2.45, 2.75) is 45.3 Å². The third-order valence-corrected chi connectivity index (χ3v) is 5.39. The van der Waals surface area contributed by atoms with E-state index in [9.17, 15) is 27.6 Å². The molecule has 3 unspecified atom stereocenters. The molecule has 3 atom stereocenters. The van der Waals surface area contributed by atoms with Gasteiger partial charge in [-0.15, -0.1) is 0 Å². The van der Waals surface area contributed by atoms with Crippen LogP contribution in [-0.2, 0) is 31.8 Å². The number of fused-ring (bicyclic) bond motifs is 2. The van der Waals surface area contributed by atoms with Crippen LogP contribution in [0.5, 0.6) is 0 Å². The Morgan fingerprint density at radius 2 is 1.82 bits per heavy atom. The number of alkyl halides is 3. The summed E-state index contributed by atoms with van der Waals surface area (Å²) in [6.45, 7) is 1.10. The van der Waals surface area contributed by atoms with Crippen molar-refractivity contribution in [3.63, 3.8) is 0 Å². The minimum atomic E-state index is -4.71. The Morgan fingerprint density at radius 3 is 2.36 bits per heavy atom. The van der Waals surface area contributed by atoms with Crippen LogP contribution < -0.4 is 0 Å². The lowest BCUT2D eigenvalue weighted by Gasteiger charge is -2.25. The highest BCUT2D eigenvalue weighted by Crippen LogP contribution is 2.41. The Bertz CT molecular complexity index is 785. The number of Topliss-reactive ketones (excluding diaryl/α,β-unsaturated/α-hetero) is 3. The van der Waals surface area contributed by atoms with Crippen LogP contribution in [0.25, 0.3) is 0 Å². The maximum Gasteiger partial charge on any atom is 0.433 e. The quantitative estimate of drug-likeness (QED) is 0.416. The summed E-state index contributed by atoms with van der Waals surface area (Å²) < 4.78 is 49.3. The standard InChI is InChI=1S/C19H20F3NO5/c1-9(27-2)28-8-13-12(5-6-14(23-13)19(20,21)22)18(26)15-16(24)10-3-4-11(7-10)17(15)25/h5-6,9-11,15H,3-4,7-8H2,1-2H3. The van der Waals surface area contributed by atoms with Crippen molar-refractivity contribution in [1.29, 1.82) is 0 Å². The SMILES string of the molecule is COC(C)OCc1nc(C(F)(F)F)ccc1C(=O)C1C(=O)C2CCC(C2)C1=O. The molecule has 3 rings (SSSR count). The number of hydrogen-bond acceptors (Lipinski definition) is 6. The number of hydrogen-bond donors (Lipinski definition) is 0. The Morgan fingerprint density at radius 1 is 1.21 bits per heavy atom. The van der Waals surface area contributed by atoms with E-state index in [-0.39, 0.29) is 23.1 Å². The molecule has 9 heteroatoms. The molecule has 2 bridgehead atoms. The minimum absolute atomic E-state index is 0.204. The van der Waals surface area contributed by atoms with Crippen molar-refractivity contribution in [2.75, 3.05) is 7.11 Å². The fourth-order valence-corrected chi connectivity index (χ4v) is 3.78. The Balaban J connectivity index is 1.96. The summed E-state index contributed by atoms with van der Waals surface area (Å²) in [6, 6.07) is 1.63. The molecule has 0 spiro atoms. The van der Waals surface area contributed by atoms with Gasteiger partial charge in [-0.3, -0.25) is 14.4 Å². The topological polar surface area (TPSA) is 82.6 Å². The summed E-state index contributed by atoms with van der Waals surface area (Å²) in [5.41, 5.74) is -1.67. The van der Waals surface area contributed by atoms with Crippen LogP contribution in [0.4, 0.5) is 13.2 Å². The molecule has 1 aromatic rings. The van der Waals surface area contributed by atoms with Crippen molar-refractivity contribution in [3.8, 4) is 0 Å². The number of rotatable bonds is 6. The van der Waals surface area contributed by atoms with E-state index >= 15 is 0 Å². The van der Waals surface area contributed by atoms with E-state index in [4.69, 9.17) is 9.47 Å². The first-order valence-electron chi connectivity index (χ1n) is 8.96. The fraction of sp³-hybridized carbons (Fsp3) is 0.579. The number of methoxy groups -OCH3 is 1. The second kappa shape index (κ2) is 7.71. The summed E-state index contributed by atoms with van der Waals surface area (Å²) in [6.07, 6.45) is -3.88. The van der Waals surface area contributed by atoms with Gasteiger partial charge in [0.1, 0.15) is 11.6 Å².